The third-order valence-electron chi connectivity index (χ3n) is 2.96. The van der Waals surface area contributed by atoms with Crippen molar-refractivity contribution in [2.24, 2.45) is 0 Å². The molecular formula is C15H18ClN3. The van der Waals surface area contributed by atoms with Crippen molar-refractivity contribution in [3.8, 4) is 0 Å². The second-order valence-electron chi connectivity index (χ2n) is 4.75. The first-order valence-corrected chi connectivity index (χ1v) is 6.58. The van der Waals surface area contributed by atoms with E-state index in [0.29, 0.717) is 11.6 Å². The Morgan fingerprint density at radius 2 is 1.89 bits per heavy atom. The van der Waals surface area contributed by atoms with Crippen molar-refractivity contribution in [2.45, 2.75) is 20.0 Å². The third-order valence-corrected chi connectivity index (χ3v) is 3.32. The molecule has 2 rings (SSSR count). The number of aryl methyl sites for hydroxylation is 1. The Morgan fingerprint density at radius 1 is 1.16 bits per heavy atom. The maximum atomic E-state index is 6.18. The Kier molecular flexibility index (Phi) is 4.40. The fourth-order valence-corrected chi connectivity index (χ4v) is 2.27. The number of hydrogen-bond donors (Lipinski definition) is 1. The molecule has 1 heterocycles. The van der Waals surface area contributed by atoms with Gasteiger partial charge < -0.3 is 5.73 Å². The molecule has 2 N–H and O–H groups in total. The van der Waals surface area contributed by atoms with E-state index in [9.17, 15) is 0 Å². The molecule has 0 fully saturated rings. The summed E-state index contributed by atoms with van der Waals surface area (Å²) in [6.45, 7) is 3.48. The number of anilines is 1. The Balaban J connectivity index is 2.07. The Hall–Kier alpha value is -1.58. The fourth-order valence-electron chi connectivity index (χ4n) is 2.03. The van der Waals surface area contributed by atoms with Gasteiger partial charge in [-0.15, -0.1) is 0 Å². The maximum absolute atomic E-state index is 6.18. The lowest BCUT2D eigenvalue weighted by Gasteiger charge is -2.18. The zero-order valence-electron chi connectivity index (χ0n) is 11.2. The number of nitrogen functional groups attached to an aromatic ring is 1. The van der Waals surface area contributed by atoms with Gasteiger partial charge in [0.1, 0.15) is 0 Å². The molecule has 100 valence electrons. The largest absolute Gasteiger partial charge is 0.398 e. The molecule has 0 radical (unpaired) electrons. The number of nitrogens with two attached hydrogens (primary N) is 1. The van der Waals surface area contributed by atoms with E-state index < -0.39 is 0 Å². The predicted octanol–water partition coefficient (Wildman–Crippen LogP) is 3.26. The van der Waals surface area contributed by atoms with E-state index in [1.54, 1.807) is 0 Å². The first kappa shape index (κ1) is 13.8. The molecule has 4 heteroatoms. The van der Waals surface area contributed by atoms with Gasteiger partial charge in [0.05, 0.1) is 5.69 Å². The van der Waals surface area contributed by atoms with Crippen molar-refractivity contribution >= 4 is 17.3 Å². The normalized spacial score (nSPS) is 10.9. The number of rotatable bonds is 4. The van der Waals surface area contributed by atoms with Crippen LogP contribution >= 0.6 is 11.6 Å². The summed E-state index contributed by atoms with van der Waals surface area (Å²) in [6, 6.07) is 11.7. The zero-order valence-corrected chi connectivity index (χ0v) is 12.0. The van der Waals surface area contributed by atoms with E-state index in [1.807, 2.05) is 50.4 Å². The SMILES string of the molecule is Cc1cccc(CN(C)Cc2c(N)cccc2Cl)n1. The van der Waals surface area contributed by atoms with Gasteiger partial charge >= 0.3 is 0 Å². The summed E-state index contributed by atoms with van der Waals surface area (Å²) >= 11 is 6.18. The van der Waals surface area contributed by atoms with Crippen LogP contribution in [0.5, 0.6) is 0 Å². The second kappa shape index (κ2) is 6.04. The van der Waals surface area contributed by atoms with Crippen molar-refractivity contribution in [3.63, 3.8) is 0 Å². The summed E-state index contributed by atoms with van der Waals surface area (Å²) in [5.74, 6) is 0. The lowest BCUT2D eigenvalue weighted by molar-refractivity contribution is 0.315. The topological polar surface area (TPSA) is 42.1 Å². The summed E-state index contributed by atoms with van der Waals surface area (Å²) in [4.78, 5) is 6.65. The number of aromatic nitrogens is 1. The van der Waals surface area contributed by atoms with Gasteiger partial charge in [0.15, 0.2) is 0 Å². The van der Waals surface area contributed by atoms with Crippen LogP contribution in [0.15, 0.2) is 36.4 Å². The summed E-state index contributed by atoms with van der Waals surface area (Å²) in [5, 5.41) is 0.712. The van der Waals surface area contributed by atoms with Gasteiger partial charge in [-0.3, -0.25) is 9.88 Å². The number of halogens is 1. The van der Waals surface area contributed by atoms with Crippen molar-refractivity contribution in [1.29, 1.82) is 0 Å². The second-order valence-corrected chi connectivity index (χ2v) is 5.16. The molecule has 0 aliphatic rings. The monoisotopic (exact) mass is 275 g/mol. The quantitative estimate of drug-likeness (QED) is 0.871. The van der Waals surface area contributed by atoms with Gasteiger partial charge in [-0.05, 0) is 38.2 Å². The van der Waals surface area contributed by atoms with E-state index in [4.69, 9.17) is 17.3 Å². The number of hydrogen-bond acceptors (Lipinski definition) is 3. The highest BCUT2D eigenvalue weighted by molar-refractivity contribution is 6.31. The van der Waals surface area contributed by atoms with Gasteiger partial charge in [-0.2, -0.15) is 0 Å². The van der Waals surface area contributed by atoms with Crippen LogP contribution in [0.1, 0.15) is 17.0 Å². The Bertz CT molecular complexity index is 549. The van der Waals surface area contributed by atoms with Crippen LogP contribution in [0, 0.1) is 6.92 Å². The van der Waals surface area contributed by atoms with Crippen LogP contribution in [0.25, 0.3) is 0 Å². The van der Waals surface area contributed by atoms with Crippen molar-refractivity contribution in [3.05, 3.63) is 58.4 Å². The molecule has 0 spiro atoms. The summed E-state index contributed by atoms with van der Waals surface area (Å²) in [6.07, 6.45) is 0. The van der Waals surface area contributed by atoms with E-state index in [2.05, 4.69) is 9.88 Å². The van der Waals surface area contributed by atoms with E-state index in [1.165, 1.54) is 0 Å². The first-order chi connectivity index (χ1) is 9.06. The average molecular weight is 276 g/mol. The lowest BCUT2D eigenvalue weighted by Crippen LogP contribution is -2.19. The van der Waals surface area contributed by atoms with Crippen LogP contribution in [0.4, 0.5) is 5.69 Å². The molecule has 19 heavy (non-hydrogen) atoms. The maximum Gasteiger partial charge on any atom is 0.0547 e. The molecule has 0 aliphatic heterocycles. The molecule has 3 nitrogen and oxygen atoms in total. The Morgan fingerprint density at radius 3 is 2.58 bits per heavy atom. The van der Waals surface area contributed by atoms with Gasteiger partial charge in [0.25, 0.3) is 0 Å². The highest BCUT2D eigenvalue weighted by Gasteiger charge is 2.08. The van der Waals surface area contributed by atoms with Gasteiger partial charge in [0, 0.05) is 35.1 Å². The highest BCUT2D eigenvalue weighted by Crippen LogP contribution is 2.23. The lowest BCUT2D eigenvalue weighted by atomic mass is 10.1. The molecule has 0 aliphatic carbocycles. The number of pyridine rings is 1. The third kappa shape index (κ3) is 3.69. The van der Waals surface area contributed by atoms with Gasteiger partial charge in [-0.25, -0.2) is 0 Å². The molecular weight excluding hydrogens is 258 g/mol. The molecule has 0 atom stereocenters. The zero-order chi connectivity index (χ0) is 13.8. The molecule has 0 amide bonds. The van der Waals surface area contributed by atoms with Crippen LogP contribution in [0.3, 0.4) is 0 Å². The molecule has 0 unspecified atom stereocenters. The fraction of sp³-hybridized carbons (Fsp3) is 0.267. The van der Waals surface area contributed by atoms with Crippen molar-refractivity contribution < 1.29 is 0 Å². The molecule has 0 bridgehead atoms. The van der Waals surface area contributed by atoms with Crippen LogP contribution in [-0.2, 0) is 13.1 Å². The Labute approximate surface area is 119 Å². The molecule has 0 saturated heterocycles. The van der Waals surface area contributed by atoms with Gasteiger partial charge in [0.2, 0.25) is 0 Å². The molecule has 1 aromatic carbocycles. The molecule has 1 aromatic heterocycles. The highest BCUT2D eigenvalue weighted by atomic mass is 35.5. The predicted molar refractivity (Wildman–Crippen MR) is 80.0 cm³/mol. The van der Waals surface area contributed by atoms with Crippen molar-refractivity contribution in [1.82, 2.24) is 9.88 Å². The number of nitrogens with zero attached hydrogens (tertiary/aromatic N) is 2. The average Bonchev–Trinajstić information content (AvgIpc) is 2.34. The van der Waals surface area contributed by atoms with Crippen LogP contribution in [-0.4, -0.2) is 16.9 Å². The van der Waals surface area contributed by atoms with E-state index >= 15 is 0 Å². The molecule has 2 aromatic rings. The van der Waals surface area contributed by atoms with Crippen LogP contribution in [0.2, 0.25) is 5.02 Å². The van der Waals surface area contributed by atoms with E-state index in [0.717, 1.165) is 29.2 Å². The van der Waals surface area contributed by atoms with E-state index in [-0.39, 0.29) is 0 Å². The number of benzene rings is 1. The smallest absolute Gasteiger partial charge is 0.0547 e. The summed E-state index contributed by atoms with van der Waals surface area (Å²) < 4.78 is 0. The summed E-state index contributed by atoms with van der Waals surface area (Å²) in [5.41, 5.74) is 9.74. The minimum absolute atomic E-state index is 0.709. The molecule has 0 saturated carbocycles. The first-order valence-electron chi connectivity index (χ1n) is 6.20. The summed E-state index contributed by atoms with van der Waals surface area (Å²) in [7, 11) is 2.03. The van der Waals surface area contributed by atoms with Crippen molar-refractivity contribution in [2.75, 3.05) is 12.8 Å². The standard InChI is InChI=1S/C15H18ClN3/c1-11-5-3-6-12(18-11)9-19(2)10-13-14(16)7-4-8-15(13)17/h3-8H,9-10,17H2,1-2H3. The minimum Gasteiger partial charge on any atom is -0.398 e. The van der Waals surface area contributed by atoms with Crippen LogP contribution < -0.4 is 5.73 Å². The minimum atomic E-state index is 0.709. The van der Waals surface area contributed by atoms with Gasteiger partial charge in [-0.1, -0.05) is 23.7 Å².